The molecule has 0 amide bonds. The van der Waals surface area contributed by atoms with Gasteiger partial charge in [-0.3, -0.25) is 0 Å². The average Bonchev–Trinajstić information content (AvgIpc) is 1.91. The van der Waals surface area contributed by atoms with Gasteiger partial charge in [0.25, 0.3) is 0 Å². The van der Waals surface area contributed by atoms with Gasteiger partial charge in [0.05, 0.1) is 0 Å². The fourth-order valence-electron chi connectivity index (χ4n) is 0.802. The molecule has 0 bridgehead atoms. The topological polar surface area (TPSA) is 12.0 Å². The Labute approximate surface area is 60.5 Å². The molecule has 0 aromatic carbocycles. The zero-order valence-electron chi connectivity index (χ0n) is 6.83. The lowest BCUT2D eigenvalue weighted by Gasteiger charge is -2.09. The summed E-state index contributed by atoms with van der Waals surface area (Å²) in [5.74, 6) is 0. The Hall–Kier alpha value is 0.177. The summed E-state index contributed by atoms with van der Waals surface area (Å²) in [5, 5.41) is 0. The average molecular weight is 144 g/mol. The van der Waals surface area contributed by atoms with E-state index in [0.717, 1.165) is 0 Å². The molecule has 0 heterocycles. The quantitative estimate of drug-likeness (QED) is 0.582. The van der Waals surface area contributed by atoms with Crippen LogP contribution in [0.1, 0.15) is 27.2 Å². The first-order valence-electron chi connectivity index (χ1n) is 3.93. The molecule has 1 N–H and O–H groups in total. The molecule has 0 spiro atoms. The summed E-state index contributed by atoms with van der Waals surface area (Å²) in [6.45, 7) is 7.99. The molecule has 2 heteroatoms. The van der Waals surface area contributed by atoms with E-state index in [9.17, 15) is 0 Å². The van der Waals surface area contributed by atoms with Gasteiger partial charge in [0.15, 0.2) is 0 Å². The molecule has 0 rings (SSSR count). The molecule has 0 atom stereocenters. The summed E-state index contributed by atoms with van der Waals surface area (Å²) in [4.78, 5) is 3.57. The van der Waals surface area contributed by atoms with Gasteiger partial charge < -0.3 is 4.98 Å². The second-order valence-electron chi connectivity index (χ2n) is 2.24. The molecule has 9 heavy (non-hydrogen) atoms. The summed E-state index contributed by atoms with van der Waals surface area (Å²) >= 11 is 0. The van der Waals surface area contributed by atoms with E-state index in [2.05, 4.69) is 25.8 Å². The Kier molecular flexibility index (Phi) is 6.42. The SMILES string of the molecule is CCCN[Si](CC)CC. The van der Waals surface area contributed by atoms with Gasteiger partial charge in [-0.25, -0.2) is 0 Å². The Balaban J connectivity index is 3.09. The van der Waals surface area contributed by atoms with Crippen molar-refractivity contribution in [2.45, 2.75) is 39.3 Å². The van der Waals surface area contributed by atoms with Crippen LogP contribution >= 0.6 is 0 Å². The number of hydrogen-bond donors (Lipinski definition) is 1. The number of hydrogen-bond acceptors (Lipinski definition) is 1. The van der Waals surface area contributed by atoms with Gasteiger partial charge in [-0.05, 0) is 25.1 Å². The van der Waals surface area contributed by atoms with Crippen molar-refractivity contribution < 1.29 is 0 Å². The first kappa shape index (κ1) is 9.18. The predicted octanol–water partition coefficient (Wildman–Crippen LogP) is 2.02. The standard InChI is InChI=1S/C7H18NSi/c1-4-7-8-9(5-2)6-3/h8H,4-7H2,1-3H3. The van der Waals surface area contributed by atoms with Crippen LogP contribution in [0.5, 0.6) is 0 Å². The smallest absolute Gasteiger partial charge is 0.133 e. The zero-order valence-corrected chi connectivity index (χ0v) is 7.83. The minimum Gasteiger partial charge on any atom is -0.338 e. The van der Waals surface area contributed by atoms with Crippen LogP contribution in [0.25, 0.3) is 0 Å². The minimum absolute atomic E-state index is 0.136. The van der Waals surface area contributed by atoms with Crippen molar-refractivity contribution >= 4 is 8.96 Å². The molecular weight excluding hydrogens is 126 g/mol. The third-order valence-electron chi connectivity index (χ3n) is 1.48. The van der Waals surface area contributed by atoms with E-state index < -0.39 is 0 Å². The lowest BCUT2D eigenvalue weighted by molar-refractivity contribution is 0.841. The van der Waals surface area contributed by atoms with Crippen LogP contribution in [-0.2, 0) is 0 Å². The maximum atomic E-state index is 3.57. The Morgan fingerprint density at radius 2 is 1.67 bits per heavy atom. The molecule has 0 aromatic rings. The summed E-state index contributed by atoms with van der Waals surface area (Å²) in [5.41, 5.74) is 0. The molecule has 0 aliphatic carbocycles. The van der Waals surface area contributed by atoms with Crippen LogP contribution in [-0.4, -0.2) is 15.5 Å². The van der Waals surface area contributed by atoms with E-state index in [4.69, 9.17) is 0 Å². The fourth-order valence-corrected chi connectivity index (χ4v) is 2.41. The third-order valence-corrected chi connectivity index (χ3v) is 3.94. The molecule has 0 aromatic heterocycles. The largest absolute Gasteiger partial charge is 0.338 e. The van der Waals surface area contributed by atoms with Gasteiger partial charge in [0, 0.05) is 0 Å². The van der Waals surface area contributed by atoms with Gasteiger partial charge in [-0.1, -0.05) is 20.8 Å². The predicted molar refractivity (Wildman–Crippen MR) is 45.0 cm³/mol. The molecule has 0 saturated heterocycles. The second-order valence-corrected chi connectivity index (χ2v) is 5.21. The highest BCUT2D eigenvalue weighted by Crippen LogP contribution is 1.92. The van der Waals surface area contributed by atoms with Crippen LogP contribution in [0.3, 0.4) is 0 Å². The van der Waals surface area contributed by atoms with Crippen LogP contribution in [0.4, 0.5) is 0 Å². The van der Waals surface area contributed by atoms with Gasteiger partial charge in [-0.2, -0.15) is 0 Å². The molecule has 55 valence electrons. The zero-order chi connectivity index (χ0) is 7.11. The summed E-state index contributed by atoms with van der Waals surface area (Å²) in [7, 11) is -0.136. The van der Waals surface area contributed by atoms with Crippen LogP contribution < -0.4 is 4.98 Å². The molecule has 0 unspecified atom stereocenters. The second kappa shape index (κ2) is 6.30. The maximum Gasteiger partial charge on any atom is 0.133 e. The Morgan fingerprint density at radius 3 is 2.00 bits per heavy atom. The van der Waals surface area contributed by atoms with Crippen molar-refractivity contribution in [3.8, 4) is 0 Å². The monoisotopic (exact) mass is 144 g/mol. The normalized spacial score (nSPS) is 10.7. The van der Waals surface area contributed by atoms with E-state index in [-0.39, 0.29) is 8.96 Å². The minimum atomic E-state index is -0.136. The number of rotatable bonds is 5. The van der Waals surface area contributed by atoms with E-state index >= 15 is 0 Å². The van der Waals surface area contributed by atoms with Crippen LogP contribution in [0.2, 0.25) is 12.1 Å². The highest BCUT2D eigenvalue weighted by atomic mass is 28.3. The van der Waals surface area contributed by atoms with E-state index in [0.29, 0.717) is 0 Å². The van der Waals surface area contributed by atoms with Crippen LogP contribution in [0, 0.1) is 0 Å². The summed E-state index contributed by atoms with van der Waals surface area (Å²) < 4.78 is 0. The molecule has 0 aliphatic heterocycles. The molecule has 1 nitrogen and oxygen atoms in total. The lowest BCUT2D eigenvalue weighted by atomic mass is 10.5. The van der Waals surface area contributed by atoms with Crippen molar-refractivity contribution in [1.82, 2.24) is 4.98 Å². The van der Waals surface area contributed by atoms with Crippen LogP contribution in [0.15, 0.2) is 0 Å². The van der Waals surface area contributed by atoms with Gasteiger partial charge in [-0.15, -0.1) is 0 Å². The van der Waals surface area contributed by atoms with Gasteiger partial charge in [0.2, 0.25) is 0 Å². The lowest BCUT2D eigenvalue weighted by Crippen LogP contribution is -2.32. The molecule has 0 fully saturated rings. The third kappa shape index (κ3) is 4.67. The van der Waals surface area contributed by atoms with Crippen molar-refractivity contribution in [2.24, 2.45) is 0 Å². The fraction of sp³-hybridized carbons (Fsp3) is 1.00. The van der Waals surface area contributed by atoms with Gasteiger partial charge in [0.1, 0.15) is 8.96 Å². The Morgan fingerprint density at radius 1 is 1.11 bits per heavy atom. The Bertz CT molecular complexity index is 52.9. The van der Waals surface area contributed by atoms with Crippen molar-refractivity contribution in [2.75, 3.05) is 6.54 Å². The molecular formula is C7H18NSi. The van der Waals surface area contributed by atoms with E-state index in [1.54, 1.807) is 0 Å². The van der Waals surface area contributed by atoms with Crippen molar-refractivity contribution in [1.29, 1.82) is 0 Å². The highest BCUT2D eigenvalue weighted by Gasteiger charge is 2.02. The van der Waals surface area contributed by atoms with E-state index in [1.165, 1.54) is 25.1 Å². The van der Waals surface area contributed by atoms with Gasteiger partial charge >= 0.3 is 0 Å². The molecule has 1 radical (unpaired) electrons. The molecule has 0 aliphatic rings. The number of nitrogens with one attached hydrogen (secondary N) is 1. The van der Waals surface area contributed by atoms with Crippen molar-refractivity contribution in [3.05, 3.63) is 0 Å². The first-order chi connectivity index (χ1) is 4.35. The van der Waals surface area contributed by atoms with E-state index in [1.807, 2.05) is 0 Å². The highest BCUT2D eigenvalue weighted by molar-refractivity contribution is 6.55. The van der Waals surface area contributed by atoms with Crippen molar-refractivity contribution in [3.63, 3.8) is 0 Å². The maximum absolute atomic E-state index is 3.57. The first-order valence-corrected chi connectivity index (χ1v) is 5.85. The summed E-state index contributed by atoms with van der Waals surface area (Å²) in [6, 6.07) is 2.72. The summed E-state index contributed by atoms with van der Waals surface area (Å²) in [6.07, 6.45) is 1.27. The molecule has 0 saturated carbocycles.